The Kier molecular flexibility index (Phi) is 5.19. The van der Waals surface area contributed by atoms with E-state index in [1.807, 2.05) is 6.92 Å². The molecule has 1 saturated carbocycles. The first kappa shape index (κ1) is 16.2. The molecule has 1 aromatic rings. The van der Waals surface area contributed by atoms with Gasteiger partial charge in [0.1, 0.15) is 5.82 Å². The lowest BCUT2D eigenvalue weighted by atomic mass is 9.75. The number of hydrogen-bond acceptors (Lipinski definition) is 2. The van der Waals surface area contributed by atoms with E-state index in [2.05, 4.69) is 10.3 Å². The van der Waals surface area contributed by atoms with Crippen molar-refractivity contribution in [1.29, 1.82) is 0 Å². The van der Waals surface area contributed by atoms with E-state index in [1.54, 1.807) is 6.07 Å². The van der Waals surface area contributed by atoms with Gasteiger partial charge in [-0.3, -0.25) is 4.98 Å². The van der Waals surface area contributed by atoms with Crippen LogP contribution >= 0.6 is 0 Å². The van der Waals surface area contributed by atoms with Gasteiger partial charge in [0, 0.05) is 17.8 Å². The van der Waals surface area contributed by atoms with Crippen molar-refractivity contribution in [3.8, 4) is 0 Å². The zero-order valence-corrected chi connectivity index (χ0v) is 12.0. The SMILES string of the molecule is CCNC(c1ccncc1F)C1CCCC(C(F)(F)F)C1. The second kappa shape index (κ2) is 6.73. The van der Waals surface area contributed by atoms with Gasteiger partial charge < -0.3 is 5.32 Å². The smallest absolute Gasteiger partial charge is 0.310 e. The molecule has 0 aromatic carbocycles. The van der Waals surface area contributed by atoms with Crippen LogP contribution in [0.3, 0.4) is 0 Å². The van der Waals surface area contributed by atoms with Gasteiger partial charge in [-0.1, -0.05) is 13.3 Å². The summed E-state index contributed by atoms with van der Waals surface area (Å²) in [7, 11) is 0. The maximum absolute atomic E-state index is 13.9. The minimum absolute atomic E-state index is 0.0585. The van der Waals surface area contributed by atoms with Crippen LogP contribution in [0.1, 0.15) is 44.2 Å². The fourth-order valence-electron chi connectivity index (χ4n) is 3.22. The summed E-state index contributed by atoms with van der Waals surface area (Å²) in [5.41, 5.74) is 0.416. The molecule has 0 spiro atoms. The van der Waals surface area contributed by atoms with Crippen molar-refractivity contribution >= 4 is 0 Å². The van der Waals surface area contributed by atoms with Gasteiger partial charge in [0.05, 0.1) is 12.1 Å². The molecule has 0 amide bonds. The Hall–Kier alpha value is -1.17. The lowest BCUT2D eigenvalue weighted by Crippen LogP contribution is -2.36. The predicted octanol–water partition coefficient (Wildman–Crippen LogP) is 4.24. The van der Waals surface area contributed by atoms with Crippen LogP contribution in [0.4, 0.5) is 17.6 Å². The first-order chi connectivity index (χ1) is 9.93. The highest BCUT2D eigenvalue weighted by molar-refractivity contribution is 5.18. The molecule has 1 N–H and O–H groups in total. The van der Waals surface area contributed by atoms with Crippen LogP contribution in [0.15, 0.2) is 18.5 Å². The summed E-state index contributed by atoms with van der Waals surface area (Å²) in [5.74, 6) is -1.94. The van der Waals surface area contributed by atoms with Gasteiger partial charge >= 0.3 is 6.18 Å². The normalized spacial score (nSPS) is 24.8. The number of pyridine rings is 1. The van der Waals surface area contributed by atoms with Crippen LogP contribution in [-0.4, -0.2) is 17.7 Å². The Morgan fingerprint density at radius 1 is 1.38 bits per heavy atom. The van der Waals surface area contributed by atoms with Crippen LogP contribution in [0.5, 0.6) is 0 Å². The minimum atomic E-state index is -4.16. The fraction of sp³-hybridized carbons (Fsp3) is 0.667. The molecule has 21 heavy (non-hydrogen) atoms. The third kappa shape index (κ3) is 3.93. The number of rotatable bonds is 4. The highest BCUT2D eigenvalue weighted by Gasteiger charge is 2.43. The monoisotopic (exact) mass is 304 g/mol. The first-order valence-electron chi connectivity index (χ1n) is 7.33. The van der Waals surface area contributed by atoms with Crippen molar-refractivity contribution in [3.63, 3.8) is 0 Å². The van der Waals surface area contributed by atoms with Crippen molar-refractivity contribution < 1.29 is 17.6 Å². The number of nitrogens with zero attached hydrogens (tertiary/aromatic N) is 1. The highest BCUT2D eigenvalue weighted by Crippen LogP contribution is 2.44. The van der Waals surface area contributed by atoms with E-state index in [0.717, 1.165) is 6.20 Å². The summed E-state index contributed by atoms with van der Waals surface area (Å²) in [4.78, 5) is 3.70. The molecule has 0 aliphatic heterocycles. The Bertz CT molecular complexity index is 461. The Balaban J connectivity index is 2.20. The predicted molar refractivity (Wildman–Crippen MR) is 72.1 cm³/mol. The third-order valence-electron chi connectivity index (χ3n) is 4.21. The van der Waals surface area contributed by atoms with Crippen LogP contribution in [0, 0.1) is 17.7 Å². The highest BCUT2D eigenvalue weighted by atomic mass is 19.4. The molecule has 1 aliphatic rings. The second-order valence-corrected chi connectivity index (χ2v) is 5.60. The van der Waals surface area contributed by atoms with Crippen LogP contribution in [0.25, 0.3) is 0 Å². The van der Waals surface area contributed by atoms with Crippen LogP contribution in [-0.2, 0) is 0 Å². The van der Waals surface area contributed by atoms with Crippen LogP contribution < -0.4 is 5.32 Å². The summed E-state index contributed by atoms with van der Waals surface area (Å²) < 4.78 is 52.7. The molecule has 0 saturated heterocycles. The molecule has 0 radical (unpaired) electrons. The molecule has 1 heterocycles. The molecule has 118 valence electrons. The molecule has 0 bridgehead atoms. The molecule has 6 heteroatoms. The van der Waals surface area contributed by atoms with E-state index >= 15 is 0 Å². The number of hydrogen-bond donors (Lipinski definition) is 1. The van der Waals surface area contributed by atoms with Gasteiger partial charge in [-0.25, -0.2) is 4.39 Å². The maximum atomic E-state index is 13.9. The molecule has 2 rings (SSSR count). The third-order valence-corrected chi connectivity index (χ3v) is 4.21. The molecule has 3 unspecified atom stereocenters. The van der Waals surface area contributed by atoms with Crippen molar-refractivity contribution in [3.05, 3.63) is 29.8 Å². The molecule has 2 nitrogen and oxygen atoms in total. The summed E-state index contributed by atoms with van der Waals surface area (Å²) >= 11 is 0. The largest absolute Gasteiger partial charge is 0.391 e. The topological polar surface area (TPSA) is 24.9 Å². The minimum Gasteiger partial charge on any atom is -0.310 e. The maximum Gasteiger partial charge on any atom is 0.391 e. The van der Waals surface area contributed by atoms with Gasteiger partial charge in [-0.15, -0.1) is 0 Å². The van der Waals surface area contributed by atoms with E-state index in [0.29, 0.717) is 24.9 Å². The number of aromatic nitrogens is 1. The zero-order valence-electron chi connectivity index (χ0n) is 12.0. The van der Waals surface area contributed by atoms with Crippen molar-refractivity contribution in [2.75, 3.05) is 6.54 Å². The quantitative estimate of drug-likeness (QED) is 0.842. The van der Waals surface area contributed by atoms with Gasteiger partial charge in [-0.2, -0.15) is 13.2 Å². The van der Waals surface area contributed by atoms with E-state index in [1.165, 1.54) is 6.20 Å². The van der Waals surface area contributed by atoms with E-state index in [-0.39, 0.29) is 24.8 Å². The number of nitrogens with one attached hydrogen (secondary N) is 1. The lowest BCUT2D eigenvalue weighted by Gasteiger charge is -2.36. The van der Waals surface area contributed by atoms with Crippen molar-refractivity contribution in [1.82, 2.24) is 10.3 Å². The van der Waals surface area contributed by atoms with Crippen molar-refractivity contribution in [2.45, 2.75) is 44.8 Å². The van der Waals surface area contributed by atoms with E-state index in [9.17, 15) is 17.6 Å². The fourth-order valence-corrected chi connectivity index (χ4v) is 3.22. The molecular weight excluding hydrogens is 284 g/mol. The van der Waals surface area contributed by atoms with Gasteiger partial charge in [0.25, 0.3) is 0 Å². The summed E-state index contributed by atoms with van der Waals surface area (Å²) in [6, 6.07) is 1.17. The summed E-state index contributed by atoms with van der Waals surface area (Å²) in [5, 5.41) is 3.15. The lowest BCUT2D eigenvalue weighted by molar-refractivity contribution is -0.186. The van der Waals surface area contributed by atoms with Gasteiger partial charge in [0.2, 0.25) is 0 Å². The second-order valence-electron chi connectivity index (χ2n) is 5.60. The average Bonchev–Trinajstić information content (AvgIpc) is 2.45. The Labute approximate surface area is 122 Å². The number of alkyl halides is 3. The summed E-state index contributed by atoms with van der Waals surface area (Å²) in [6.07, 6.45) is -0.112. The van der Waals surface area contributed by atoms with Crippen molar-refractivity contribution in [2.24, 2.45) is 11.8 Å². The number of halogens is 4. The summed E-state index contributed by atoms with van der Waals surface area (Å²) in [6.45, 7) is 2.45. The molecule has 1 fully saturated rings. The standard InChI is InChI=1S/C15H20F4N2/c1-2-21-14(12-6-7-20-9-13(12)16)10-4-3-5-11(8-10)15(17,18)19/h6-7,9-11,14,21H,2-5,8H2,1H3. The van der Waals surface area contributed by atoms with Crippen LogP contribution in [0.2, 0.25) is 0 Å². The van der Waals surface area contributed by atoms with Gasteiger partial charge in [-0.05, 0) is 37.8 Å². The van der Waals surface area contributed by atoms with E-state index < -0.39 is 17.9 Å². The molecule has 1 aromatic heterocycles. The molecule has 1 aliphatic carbocycles. The zero-order chi connectivity index (χ0) is 15.5. The van der Waals surface area contributed by atoms with E-state index in [4.69, 9.17) is 0 Å². The average molecular weight is 304 g/mol. The van der Waals surface area contributed by atoms with Gasteiger partial charge in [0.15, 0.2) is 0 Å². The molecule has 3 atom stereocenters. The first-order valence-corrected chi connectivity index (χ1v) is 7.33. The Morgan fingerprint density at radius 3 is 2.76 bits per heavy atom. The Morgan fingerprint density at radius 2 is 2.14 bits per heavy atom. The molecular formula is C15H20F4N2.